The summed E-state index contributed by atoms with van der Waals surface area (Å²) in [5.74, 6) is 2.06. The Labute approximate surface area is 175 Å². The fourth-order valence-corrected chi connectivity index (χ4v) is 4.45. The van der Waals surface area contributed by atoms with Gasteiger partial charge < -0.3 is 9.72 Å². The van der Waals surface area contributed by atoms with Crippen molar-refractivity contribution in [1.29, 1.82) is 0 Å². The first-order valence-electron chi connectivity index (χ1n) is 10.5. The van der Waals surface area contributed by atoms with E-state index in [1.165, 1.54) is 0 Å². The van der Waals surface area contributed by atoms with Crippen LogP contribution in [-0.2, 0) is 6.54 Å². The van der Waals surface area contributed by atoms with E-state index in [1.54, 1.807) is 7.11 Å². The number of fused-ring (bicyclic) bond motifs is 2. The molecular formula is C25H25N3O2. The van der Waals surface area contributed by atoms with Gasteiger partial charge in [0.1, 0.15) is 11.6 Å². The number of ketones is 1. The van der Waals surface area contributed by atoms with Crippen molar-refractivity contribution in [3.8, 4) is 5.75 Å². The largest absolute Gasteiger partial charge is 0.497 e. The molecule has 1 aliphatic rings. The highest BCUT2D eigenvalue weighted by Crippen LogP contribution is 2.26. The van der Waals surface area contributed by atoms with Gasteiger partial charge in [0, 0.05) is 18.0 Å². The highest BCUT2D eigenvalue weighted by atomic mass is 16.5. The van der Waals surface area contributed by atoms with Crippen LogP contribution in [0.2, 0.25) is 0 Å². The average Bonchev–Trinajstić information content (AvgIpc) is 3.20. The molecule has 152 valence electrons. The minimum atomic E-state index is 0.0267. The van der Waals surface area contributed by atoms with Crippen LogP contribution in [0.15, 0.2) is 60.7 Å². The highest BCUT2D eigenvalue weighted by Gasteiger charge is 2.27. The van der Waals surface area contributed by atoms with Gasteiger partial charge in [-0.25, -0.2) is 4.98 Å². The molecule has 4 aromatic rings. The first-order valence-corrected chi connectivity index (χ1v) is 10.5. The number of H-pyrrole nitrogens is 1. The summed E-state index contributed by atoms with van der Waals surface area (Å²) >= 11 is 0. The summed E-state index contributed by atoms with van der Waals surface area (Å²) in [5.41, 5.74) is 2.85. The van der Waals surface area contributed by atoms with E-state index in [9.17, 15) is 4.79 Å². The summed E-state index contributed by atoms with van der Waals surface area (Å²) in [4.78, 5) is 23.7. The maximum absolute atomic E-state index is 13.2. The number of ether oxygens (including phenoxy) is 1. The molecule has 0 aliphatic carbocycles. The number of carbonyl (C=O) groups is 1. The van der Waals surface area contributed by atoms with Gasteiger partial charge in [0.2, 0.25) is 0 Å². The first kappa shape index (κ1) is 18.8. The molecule has 1 aromatic heterocycles. The number of methoxy groups -OCH3 is 1. The number of Topliss-reactive ketones (excluding diaryl/α,β-unsaturated/α-hetero) is 1. The molecule has 5 heteroatoms. The summed E-state index contributed by atoms with van der Waals surface area (Å²) in [5, 5.41) is 2.15. The number of aromatic amines is 1. The van der Waals surface area contributed by atoms with Gasteiger partial charge in [-0.15, -0.1) is 0 Å². The van der Waals surface area contributed by atoms with E-state index in [2.05, 4.69) is 9.88 Å². The van der Waals surface area contributed by atoms with Crippen LogP contribution in [0.5, 0.6) is 5.75 Å². The Morgan fingerprint density at radius 2 is 1.97 bits per heavy atom. The van der Waals surface area contributed by atoms with E-state index in [1.807, 2.05) is 60.7 Å². The van der Waals surface area contributed by atoms with Gasteiger partial charge in [-0.2, -0.15) is 0 Å². The van der Waals surface area contributed by atoms with Crippen LogP contribution in [0.3, 0.4) is 0 Å². The Kier molecular flexibility index (Phi) is 4.97. The minimum Gasteiger partial charge on any atom is -0.497 e. The topological polar surface area (TPSA) is 58.2 Å². The second-order valence-electron chi connectivity index (χ2n) is 8.07. The zero-order valence-corrected chi connectivity index (χ0v) is 17.1. The van der Waals surface area contributed by atoms with Gasteiger partial charge in [-0.3, -0.25) is 9.69 Å². The molecule has 1 unspecified atom stereocenters. The number of rotatable bonds is 5. The molecular weight excluding hydrogens is 374 g/mol. The van der Waals surface area contributed by atoms with Crippen LogP contribution in [0.25, 0.3) is 21.8 Å². The Morgan fingerprint density at radius 3 is 2.83 bits per heavy atom. The van der Waals surface area contributed by atoms with Crippen LogP contribution < -0.4 is 4.74 Å². The van der Waals surface area contributed by atoms with Gasteiger partial charge in [0.15, 0.2) is 5.78 Å². The summed E-state index contributed by atoms with van der Waals surface area (Å²) in [6, 6.07) is 20.0. The molecule has 1 fully saturated rings. The first-order chi connectivity index (χ1) is 14.7. The Hall–Kier alpha value is -3.18. The van der Waals surface area contributed by atoms with E-state index in [-0.39, 0.29) is 11.7 Å². The second-order valence-corrected chi connectivity index (χ2v) is 8.07. The molecule has 2 heterocycles. The van der Waals surface area contributed by atoms with E-state index in [0.717, 1.165) is 71.4 Å². The molecule has 5 nitrogen and oxygen atoms in total. The summed E-state index contributed by atoms with van der Waals surface area (Å²) in [6.07, 6.45) is 1.97. The fourth-order valence-electron chi connectivity index (χ4n) is 4.45. The van der Waals surface area contributed by atoms with Crippen molar-refractivity contribution in [2.45, 2.75) is 19.4 Å². The van der Waals surface area contributed by atoms with E-state index in [4.69, 9.17) is 9.72 Å². The number of piperidine rings is 1. The molecule has 0 bridgehead atoms. The molecule has 1 atom stereocenters. The van der Waals surface area contributed by atoms with E-state index >= 15 is 0 Å². The van der Waals surface area contributed by atoms with Crippen LogP contribution in [0.4, 0.5) is 0 Å². The molecule has 30 heavy (non-hydrogen) atoms. The second kappa shape index (κ2) is 7.92. The van der Waals surface area contributed by atoms with Crippen LogP contribution in [-0.4, -0.2) is 40.9 Å². The predicted molar refractivity (Wildman–Crippen MR) is 119 cm³/mol. The molecule has 0 radical (unpaired) electrons. The molecule has 1 saturated heterocycles. The molecule has 5 rings (SSSR count). The van der Waals surface area contributed by atoms with Crippen molar-refractivity contribution in [2.24, 2.45) is 5.92 Å². The van der Waals surface area contributed by atoms with Crippen molar-refractivity contribution >= 4 is 27.6 Å². The summed E-state index contributed by atoms with van der Waals surface area (Å²) < 4.78 is 5.29. The van der Waals surface area contributed by atoms with Crippen molar-refractivity contribution in [3.63, 3.8) is 0 Å². The van der Waals surface area contributed by atoms with Crippen molar-refractivity contribution in [1.82, 2.24) is 14.9 Å². The van der Waals surface area contributed by atoms with Gasteiger partial charge in [0.05, 0.1) is 24.7 Å². The number of nitrogens with one attached hydrogen (secondary N) is 1. The molecule has 0 amide bonds. The number of nitrogens with zero attached hydrogens (tertiary/aromatic N) is 2. The van der Waals surface area contributed by atoms with Crippen LogP contribution >= 0.6 is 0 Å². The number of carbonyl (C=O) groups excluding carboxylic acids is 1. The lowest BCUT2D eigenvalue weighted by Gasteiger charge is -2.31. The lowest BCUT2D eigenvalue weighted by Crippen LogP contribution is -2.38. The van der Waals surface area contributed by atoms with E-state index in [0.29, 0.717) is 0 Å². The standard InChI is InChI=1S/C25H25N3O2/c1-30-21-11-10-17-13-19(9-8-18(17)14-21)25(29)20-5-4-12-28(15-20)16-24-26-22-6-2-3-7-23(22)27-24/h2-3,6-11,13-14,20H,4-5,12,15-16H2,1H3,(H,26,27). The monoisotopic (exact) mass is 399 g/mol. The van der Waals surface area contributed by atoms with Gasteiger partial charge in [0.25, 0.3) is 0 Å². The lowest BCUT2D eigenvalue weighted by molar-refractivity contribution is 0.0809. The highest BCUT2D eigenvalue weighted by molar-refractivity contribution is 6.01. The molecule has 0 spiro atoms. The number of likely N-dealkylation sites (tertiary alicyclic amines) is 1. The van der Waals surface area contributed by atoms with Gasteiger partial charge in [-0.1, -0.05) is 30.3 Å². The smallest absolute Gasteiger partial charge is 0.167 e. The number of benzene rings is 3. The van der Waals surface area contributed by atoms with Crippen molar-refractivity contribution in [2.75, 3.05) is 20.2 Å². The normalized spacial score (nSPS) is 17.4. The fraction of sp³-hybridized carbons (Fsp3) is 0.280. The maximum Gasteiger partial charge on any atom is 0.167 e. The molecule has 3 aromatic carbocycles. The number of para-hydroxylation sites is 2. The molecule has 1 N–H and O–H groups in total. The SMILES string of the molecule is COc1ccc2cc(C(=O)C3CCCN(Cc4nc5ccccc5[nH]4)C3)ccc2c1. The number of aromatic nitrogens is 2. The third kappa shape index (κ3) is 3.68. The number of hydrogen-bond acceptors (Lipinski definition) is 4. The third-order valence-electron chi connectivity index (χ3n) is 6.02. The maximum atomic E-state index is 13.2. The Morgan fingerprint density at radius 1 is 1.13 bits per heavy atom. The van der Waals surface area contributed by atoms with Crippen LogP contribution in [0.1, 0.15) is 29.0 Å². The lowest BCUT2D eigenvalue weighted by atomic mass is 9.89. The van der Waals surface area contributed by atoms with Crippen molar-refractivity contribution < 1.29 is 9.53 Å². The van der Waals surface area contributed by atoms with Crippen LogP contribution in [0, 0.1) is 5.92 Å². The van der Waals surface area contributed by atoms with Crippen molar-refractivity contribution in [3.05, 3.63) is 72.1 Å². The number of hydrogen-bond donors (Lipinski definition) is 1. The molecule has 0 saturated carbocycles. The van der Waals surface area contributed by atoms with E-state index < -0.39 is 0 Å². The average molecular weight is 399 g/mol. The Balaban J connectivity index is 1.31. The van der Waals surface area contributed by atoms with Gasteiger partial charge in [-0.05, 0) is 60.5 Å². The minimum absolute atomic E-state index is 0.0267. The third-order valence-corrected chi connectivity index (χ3v) is 6.02. The summed E-state index contributed by atoms with van der Waals surface area (Å²) in [7, 11) is 1.67. The Bertz CT molecular complexity index is 1180. The quantitative estimate of drug-likeness (QED) is 0.489. The zero-order valence-electron chi connectivity index (χ0n) is 17.1. The van der Waals surface area contributed by atoms with Gasteiger partial charge >= 0.3 is 0 Å². The summed E-state index contributed by atoms with van der Waals surface area (Å²) in [6.45, 7) is 2.52. The molecule has 1 aliphatic heterocycles. The zero-order chi connectivity index (χ0) is 20.5. The predicted octanol–water partition coefficient (Wildman–Crippen LogP) is 4.82. The number of imidazole rings is 1.